The molecule has 10 heteroatoms. The van der Waals surface area contributed by atoms with Crippen LogP contribution in [0.3, 0.4) is 0 Å². The van der Waals surface area contributed by atoms with Gasteiger partial charge in [0.15, 0.2) is 33.1 Å². The van der Waals surface area contributed by atoms with Crippen LogP contribution >= 0.6 is 0 Å². The fourth-order valence-electron chi connectivity index (χ4n) is 1.95. The average molecular weight is 391 g/mol. The number of halogens is 6. The summed E-state index contributed by atoms with van der Waals surface area (Å²) in [4.78, 5) is -1.22. The summed E-state index contributed by atoms with van der Waals surface area (Å²) >= 11 is 0. The van der Waals surface area contributed by atoms with Gasteiger partial charge in [-0.25, -0.2) is 34.8 Å². The van der Waals surface area contributed by atoms with E-state index in [1.165, 1.54) is 0 Å². The molecule has 0 aliphatic carbocycles. The highest BCUT2D eigenvalue weighted by molar-refractivity contribution is 7.95. The first-order chi connectivity index (χ1) is 12.1. The van der Waals surface area contributed by atoms with Gasteiger partial charge in [-0.3, -0.25) is 0 Å². The fourth-order valence-corrected chi connectivity index (χ4v) is 3.17. The van der Waals surface area contributed by atoms with Gasteiger partial charge in [-0.15, -0.1) is 0 Å². The van der Waals surface area contributed by atoms with Crippen LogP contribution in [0.2, 0.25) is 0 Å². The first-order valence-corrected chi connectivity index (χ1v) is 8.34. The number of hydrogen-bond acceptors (Lipinski definition) is 3. The Bertz CT molecular complexity index is 1010. The number of rotatable bonds is 4. The second-order valence-electron chi connectivity index (χ2n) is 4.99. The van der Waals surface area contributed by atoms with Gasteiger partial charge < -0.3 is 0 Å². The molecule has 136 valence electrons. The molecule has 0 bridgehead atoms. The molecule has 0 amide bonds. The maximum Gasteiger partial charge on any atom is 0.200 e. The van der Waals surface area contributed by atoms with E-state index in [1.54, 1.807) is 0 Å². The molecule has 0 N–H and O–H groups in total. The number of nitriles is 1. The monoisotopic (exact) mass is 391 g/mol. The zero-order chi connectivity index (χ0) is 19.6. The Morgan fingerprint density at radius 3 is 1.81 bits per heavy atom. The number of nitrogens with zero attached hydrogens (tertiary/aromatic N) is 1. The van der Waals surface area contributed by atoms with Gasteiger partial charge in [0.2, 0.25) is 5.82 Å². The Labute approximate surface area is 143 Å². The van der Waals surface area contributed by atoms with Crippen molar-refractivity contribution in [1.29, 1.82) is 5.26 Å². The highest BCUT2D eigenvalue weighted by Crippen LogP contribution is 2.26. The molecule has 2 aromatic carbocycles. The molecular weight excluding hydrogens is 384 g/mol. The second kappa shape index (κ2) is 7.21. The van der Waals surface area contributed by atoms with Crippen LogP contribution in [0.25, 0.3) is 6.08 Å². The summed E-state index contributed by atoms with van der Waals surface area (Å²) in [5.74, 6) is -13.0. The normalized spacial score (nSPS) is 12.1. The Morgan fingerprint density at radius 1 is 0.885 bits per heavy atom. The summed E-state index contributed by atoms with van der Waals surface area (Å²) in [7, 11) is -4.50. The van der Waals surface area contributed by atoms with Gasteiger partial charge in [-0.05, 0) is 23.8 Å². The van der Waals surface area contributed by atoms with Crippen molar-refractivity contribution >= 4 is 15.9 Å². The van der Waals surface area contributed by atoms with Crippen LogP contribution in [0.1, 0.15) is 11.1 Å². The summed E-state index contributed by atoms with van der Waals surface area (Å²) in [6.07, 6.45) is 0.0646. The zero-order valence-electron chi connectivity index (χ0n) is 12.5. The van der Waals surface area contributed by atoms with E-state index in [1.807, 2.05) is 0 Å². The molecule has 0 unspecified atom stereocenters. The predicted octanol–water partition coefficient (Wildman–Crippen LogP) is 4.00. The topological polar surface area (TPSA) is 57.9 Å². The van der Waals surface area contributed by atoms with Crippen molar-refractivity contribution in [2.75, 3.05) is 0 Å². The lowest BCUT2D eigenvalue weighted by Crippen LogP contribution is -2.09. The van der Waals surface area contributed by atoms with E-state index in [9.17, 15) is 34.8 Å². The largest absolute Gasteiger partial charge is 0.223 e. The third-order valence-electron chi connectivity index (χ3n) is 3.23. The zero-order valence-corrected chi connectivity index (χ0v) is 13.4. The molecule has 0 saturated heterocycles. The van der Waals surface area contributed by atoms with Gasteiger partial charge in [-0.2, -0.15) is 5.26 Å². The third kappa shape index (κ3) is 3.72. The Balaban J connectivity index is 2.55. The van der Waals surface area contributed by atoms with Gasteiger partial charge in [0.25, 0.3) is 0 Å². The van der Waals surface area contributed by atoms with Crippen molar-refractivity contribution in [3.63, 3.8) is 0 Å². The maximum absolute atomic E-state index is 13.6. The first kappa shape index (κ1) is 19.5. The quantitative estimate of drug-likeness (QED) is 0.343. The van der Waals surface area contributed by atoms with Crippen LogP contribution in [0, 0.1) is 46.2 Å². The first-order valence-electron chi connectivity index (χ1n) is 6.69. The predicted molar refractivity (Wildman–Crippen MR) is 78.8 cm³/mol. The minimum absolute atomic E-state index is 0.0463. The van der Waals surface area contributed by atoms with Crippen LogP contribution in [0.4, 0.5) is 26.3 Å². The van der Waals surface area contributed by atoms with Crippen LogP contribution in [0.15, 0.2) is 29.2 Å². The van der Waals surface area contributed by atoms with E-state index >= 15 is 0 Å². The molecule has 0 aliphatic rings. The summed E-state index contributed by atoms with van der Waals surface area (Å²) in [5.41, 5.74) is -1.51. The molecule has 26 heavy (non-hydrogen) atoms. The van der Waals surface area contributed by atoms with Crippen LogP contribution in [-0.2, 0) is 15.6 Å². The molecular formula is C16H7F6NO2S. The van der Waals surface area contributed by atoms with E-state index in [4.69, 9.17) is 5.26 Å². The summed E-state index contributed by atoms with van der Waals surface area (Å²) < 4.78 is 104. The number of benzene rings is 2. The fraction of sp³-hybridized carbons (Fsp3) is 0.0625. The molecule has 2 aromatic rings. The van der Waals surface area contributed by atoms with Crippen molar-refractivity contribution in [3.05, 3.63) is 75.2 Å². The molecule has 0 atom stereocenters. The molecule has 2 rings (SSSR count). The third-order valence-corrected chi connectivity index (χ3v) is 4.83. The van der Waals surface area contributed by atoms with Crippen LogP contribution < -0.4 is 0 Å². The lowest BCUT2D eigenvalue weighted by molar-refractivity contribution is 0.377. The Kier molecular flexibility index (Phi) is 5.41. The smallest absolute Gasteiger partial charge is 0.200 e. The highest BCUT2D eigenvalue weighted by atomic mass is 32.2. The van der Waals surface area contributed by atoms with Gasteiger partial charge >= 0.3 is 0 Å². The summed E-state index contributed by atoms with van der Waals surface area (Å²) in [6.45, 7) is 0. The molecule has 0 aromatic heterocycles. The molecule has 0 heterocycles. The highest BCUT2D eigenvalue weighted by Gasteiger charge is 2.27. The van der Waals surface area contributed by atoms with E-state index in [0.29, 0.717) is 0 Å². The lowest BCUT2D eigenvalue weighted by Gasteiger charge is -2.07. The summed E-state index contributed by atoms with van der Waals surface area (Å²) in [5, 5.41) is 8.96. The van der Waals surface area contributed by atoms with E-state index in [2.05, 4.69) is 0 Å². The Hall–Kier alpha value is -2.80. The molecule has 0 aliphatic heterocycles. The SMILES string of the molecule is N#C/C(=C/c1c(F)c(F)c(F)c(F)c1F)S(=O)(=O)Cc1ccc(F)cc1. The van der Waals surface area contributed by atoms with Gasteiger partial charge in [0, 0.05) is 0 Å². The van der Waals surface area contributed by atoms with Gasteiger partial charge in [0.1, 0.15) is 16.8 Å². The minimum Gasteiger partial charge on any atom is -0.223 e. The number of sulfone groups is 1. The van der Waals surface area contributed by atoms with Gasteiger partial charge in [0.05, 0.1) is 11.3 Å². The van der Waals surface area contributed by atoms with Crippen LogP contribution in [-0.4, -0.2) is 8.42 Å². The Morgan fingerprint density at radius 2 is 1.35 bits per heavy atom. The van der Waals surface area contributed by atoms with E-state index in [0.717, 1.165) is 30.3 Å². The second-order valence-corrected chi connectivity index (χ2v) is 6.95. The van der Waals surface area contributed by atoms with E-state index < -0.39 is 61.0 Å². The maximum atomic E-state index is 13.6. The lowest BCUT2D eigenvalue weighted by atomic mass is 10.1. The van der Waals surface area contributed by atoms with Crippen molar-refractivity contribution < 1.29 is 34.8 Å². The van der Waals surface area contributed by atoms with Gasteiger partial charge in [-0.1, -0.05) is 12.1 Å². The molecule has 3 nitrogen and oxygen atoms in total. The molecule has 0 saturated carbocycles. The van der Waals surface area contributed by atoms with Crippen LogP contribution in [0.5, 0.6) is 0 Å². The molecule has 0 spiro atoms. The van der Waals surface area contributed by atoms with E-state index in [-0.39, 0.29) is 11.6 Å². The average Bonchev–Trinajstić information content (AvgIpc) is 2.60. The standard InChI is InChI=1S/C16H7F6NO2S/c17-9-3-1-8(2-4-9)7-26(24,25)10(6-23)5-11-12(18)14(20)16(22)15(21)13(11)19/h1-5H,7H2/b10-5-. The van der Waals surface area contributed by atoms with Crippen molar-refractivity contribution in [2.24, 2.45) is 0 Å². The van der Waals surface area contributed by atoms with Crippen molar-refractivity contribution in [3.8, 4) is 6.07 Å². The number of allylic oxidation sites excluding steroid dienone is 1. The minimum atomic E-state index is -4.50. The van der Waals surface area contributed by atoms with Crippen molar-refractivity contribution in [1.82, 2.24) is 0 Å². The van der Waals surface area contributed by atoms with Crippen molar-refractivity contribution in [2.45, 2.75) is 5.75 Å². The molecule has 0 radical (unpaired) electrons. The summed E-state index contributed by atoms with van der Waals surface area (Å²) in [6, 6.07) is 5.25. The number of hydrogen-bond donors (Lipinski definition) is 0. The molecule has 0 fully saturated rings.